The highest BCUT2D eigenvalue weighted by atomic mass is 16.5. The van der Waals surface area contributed by atoms with Gasteiger partial charge in [-0.1, -0.05) is 5.16 Å². The summed E-state index contributed by atoms with van der Waals surface area (Å²) < 4.78 is 5.19. The maximum absolute atomic E-state index is 11.8. The molecule has 2 atom stereocenters. The second-order valence-electron chi connectivity index (χ2n) is 5.04. The second kappa shape index (κ2) is 6.00. The number of likely N-dealkylation sites (tertiary alicyclic amines) is 1. The lowest BCUT2D eigenvalue weighted by molar-refractivity contribution is -0.125. The van der Waals surface area contributed by atoms with Crippen LogP contribution in [0, 0.1) is 6.92 Å². The van der Waals surface area contributed by atoms with Gasteiger partial charge >= 0.3 is 6.03 Å². The Labute approximate surface area is 116 Å². The molecule has 0 saturated carbocycles. The Bertz CT molecular complexity index is 501. The number of nitrogens with zero attached hydrogens (tertiary/aromatic N) is 3. The van der Waals surface area contributed by atoms with E-state index in [2.05, 4.69) is 15.5 Å². The van der Waals surface area contributed by atoms with Crippen LogP contribution in [-0.2, 0) is 4.79 Å². The van der Waals surface area contributed by atoms with E-state index in [1.807, 2.05) is 4.90 Å². The van der Waals surface area contributed by atoms with Crippen molar-refractivity contribution < 1.29 is 14.1 Å². The van der Waals surface area contributed by atoms with Gasteiger partial charge in [-0.05, 0) is 33.2 Å². The second-order valence-corrected chi connectivity index (χ2v) is 5.04. The van der Waals surface area contributed by atoms with Crippen molar-refractivity contribution in [3.05, 3.63) is 11.7 Å². The number of amides is 3. The van der Waals surface area contributed by atoms with E-state index < -0.39 is 12.1 Å². The molecule has 1 aliphatic heterocycles. The van der Waals surface area contributed by atoms with Gasteiger partial charge in [0.25, 0.3) is 0 Å². The summed E-state index contributed by atoms with van der Waals surface area (Å²) in [5.41, 5.74) is 4.96. The van der Waals surface area contributed by atoms with E-state index >= 15 is 0 Å². The summed E-state index contributed by atoms with van der Waals surface area (Å²) in [5.74, 6) is 0.944. The number of piperidine rings is 1. The SMILES string of the molecule is Cc1noc(C2CCCN(C(C)C(=O)NC(N)=O)C2)n1. The van der Waals surface area contributed by atoms with Gasteiger partial charge < -0.3 is 10.3 Å². The highest BCUT2D eigenvalue weighted by Gasteiger charge is 2.30. The number of aryl methyl sites for hydroxylation is 1. The van der Waals surface area contributed by atoms with Crippen LogP contribution in [0.5, 0.6) is 0 Å². The highest BCUT2D eigenvalue weighted by Crippen LogP contribution is 2.26. The monoisotopic (exact) mass is 281 g/mol. The number of rotatable bonds is 3. The van der Waals surface area contributed by atoms with Crippen LogP contribution in [0.3, 0.4) is 0 Å². The third-order valence-electron chi connectivity index (χ3n) is 3.52. The van der Waals surface area contributed by atoms with Crippen LogP contribution in [0.25, 0.3) is 0 Å². The lowest BCUT2D eigenvalue weighted by Crippen LogP contribution is -2.51. The van der Waals surface area contributed by atoms with Crippen LogP contribution in [0.1, 0.15) is 37.4 Å². The molecule has 2 heterocycles. The molecule has 3 N–H and O–H groups in total. The van der Waals surface area contributed by atoms with E-state index in [9.17, 15) is 9.59 Å². The zero-order valence-corrected chi connectivity index (χ0v) is 11.6. The number of hydrogen-bond acceptors (Lipinski definition) is 6. The summed E-state index contributed by atoms with van der Waals surface area (Å²) in [6.45, 7) is 4.96. The molecule has 110 valence electrons. The molecule has 2 unspecified atom stereocenters. The van der Waals surface area contributed by atoms with Crippen LogP contribution < -0.4 is 11.1 Å². The molecular weight excluding hydrogens is 262 g/mol. The third kappa shape index (κ3) is 3.32. The van der Waals surface area contributed by atoms with Crippen LogP contribution in [-0.4, -0.2) is 46.1 Å². The normalized spacial score (nSPS) is 21.4. The zero-order chi connectivity index (χ0) is 14.7. The Hall–Kier alpha value is -1.96. The molecule has 1 saturated heterocycles. The summed E-state index contributed by atoms with van der Waals surface area (Å²) in [4.78, 5) is 28.8. The van der Waals surface area contributed by atoms with Gasteiger partial charge in [0, 0.05) is 6.54 Å². The van der Waals surface area contributed by atoms with Gasteiger partial charge in [0.2, 0.25) is 11.8 Å². The maximum atomic E-state index is 11.8. The van der Waals surface area contributed by atoms with E-state index in [-0.39, 0.29) is 11.8 Å². The van der Waals surface area contributed by atoms with Gasteiger partial charge in [-0.2, -0.15) is 4.98 Å². The molecule has 8 heteroatoms. The van der Waals surface area contributed by atoms with Gasteiger partial charge in [0.05, 0.1) is 12.0 Å². The minimum absolute atomic E-state index is 0.119. The van der Waals surface area contributed by atoms with Crippen LogP contribution >= 0.6 is 0 Å². The summed E-state index contributed by atoms with van der Waals surface area (Å²) in [5, 5.41) is 5.90. The number of aromatic nitrogens is 2. The van der Waals surface area contributed by atoms with E-state index in [1.54, 1.807) is 13.8 Å². The van der Waals surface area contributed by atoms with Gasteiger partial charge in [0.1, 0.15) is 0 Å². The van der Waals surface area contributed by atoms with Crippen LogP contribution in [0.2, 0.25) is 0 Å². The Morgan fingerprint density at radius 2 is 2.30 bits per heavy atom. The first-order chi connectivity index (χ1) is 9.47. The van der Waals surface area contributed by atoms with Gasteiger partial charge in [-0.25, -0.2) is 4.79 Å². The first-order valence-electron chi connectivity index (χ1n) is 6.62. The number of imide groups is 1. The van der Waals surface area contributed by atoms with Crippen molar-refractivity contribution in [2.24, 2.45) is 5.73 Å². The van der Waals surface area contributed by atoms with Crippen molar-refractivity contribution in [1.82, 2.24) is 20.4 Å². The smallest absolute Gasteiger partial charge is 0.318 e. The number of nitrogens with one attached hydrogen (secondary N) is 1. The molecule has 1 aliphatic rings. The molecule has 0 radical (unpaired) electrons. The van der Waals surface area contributed by atoms with E-state index in [4.69, 9.17) is 10.3 Å². The van der Waals surface area contributed by atoms with Gasteiger partial charge in [-0.3, -0.25) is 15.0 Å². The first kappa shape index (κ1) is 14.4. The standard InChI is InChI=1S/C12H19N5O3/c1-7(10(18)15-12(13)19)17-5-3-4-9(6-17)11-14-8(2)16-20-11/h7,9H,3-6H2,1-2H3,(H3,13,15,18,19). The fraction of sp³-hybridized carbons (Fsp3) is 0.667. The van der Waals surface area contributed by atoms with Crippen molar-refractivity contribution >= 4 is 11.9 Å². The lowest BCUT2D eigenvalue weighted by atomic mass is 9.96. The minimum Gasteiger partial charge on any atom is -0.351 e. The van der Waals surface area contributed by atoms with Gasteiger partial charge in [0.15, 0.2) is 5.82 Å². The number of nitrogens with two attached hydrogens (primary N) is 1. The predicted octanol–water partition coefficient (Wildman–Crippen LogP) is 0.141. The molecule has 1 fully saturated rings. The number of urea groups is 1. The van der Waals surface area contributed by atoms with Crippen LogP contribution in [0.15, 0.2) is 4.52 Å². The number of hydrogen-bond donors (Lipinski definition) is 2. The maximum Gasteiger partial charge on any atom is 0.318 e. The first-order valence-corrected chi connectivity index (χ1v) is 6.62. The molecule has 1 aromatic rings. The van der Waals surface area contributed by atoms with Crippen molar-refractivity contribution in [3.8, 4) is 0 Å². The van der Waals surface area contributed by atoms with Crippen molar-refractivity contribution in [2.75, 3.05) is 13.1 Å². The van der Waals surface area contributed by atoms with Crippen LogP contribution in [0.4, 0.5) is 4.79 Å². The molecule has 0 aliphatic carbocycles. The molecule has 3 amide bonds. The number of carbonyl (C=O) groups excluding carboxylic acids is 2. The molecule has 0 spiro atoms. The molecule has 2 rings (SSSR count). The van der Waals surface area contributed by atoms with E-state index in [0.29, 0.717) is 18.3 Å². The highest BCUT2D eigenvalue weighted by molar-refractivity contribution is 5.96. The quantitative estimate of drug-likeness (QED) is 0.814. The van der Waals surface area contributed by atoms with Gasteiger partial charge in [-0.15, -0.1) is 0 Å². The molecule has 0 aromatic carbocycles. The van der Waals surface area contributed by atoms with E-state index in [0.717, 1.165) is 19.4 Å². The Morgan fingerprint density at radius 1 is 1.55 bits per heavy atom. The van der Waals surface area contributed by atoms with E-state index in [1.165, 1.54) is 0 Å². The summed E-state index contributed by atoms with van der Waals surface area (Å²) in [7, 11) is 0. The Balaban J connectivity index is 1.99. The Morgan fingerprint density at radius 3 is 2.90 bits per heavy atom. The average Bonchev–Trinajstić information content (AvgIpc) is 2.84. The minimum atomic E-state index is -0.831. The molecular formula is C12H19N5O3. The largest absolute Gasteiger partial charge is 0.351 e. The zero-order valence-electron chi connectivity index (χ0n) is 11.6. The fourth-order valence-corrected chi connectivity index (χ4v) is 2.43. The average molecular weight is 281 g/mol. The lowest BCUT2D eigenvalue weighted by Gasteiger charge is -2.34. The molecule has 8 nitrogen and oxygen atoms in total. The van der Waals surface area contributed by atoms with Crippen molar-refractivity contribution in [2.45, 2.75) is 38.6 Å². The predicted molar refractivity (Wildman–Crippen MR) is 69.8 cm³/mol. The number of primary amides is 1. The Kier molecular flexibility index (Phi) is 4.33. The summed E-state index contributed by atoms with van der Waals surface area (Å²) >= 11 is 0. The number of carbonyl (C=O) groups is 2. The summed E-state index contributed by atoms with van der Waals surface area (Å²) in [6, 6.07) is -1.25. The summed E-state index contributed by atoms with van der Waals surface area (Å²) in [6.07, 6.45) is 1.88. The fourth-order valence-electron chi connectivity index (χ4n) is 2.43. The molecule has 1 aromatic heterocycles. The van der Waals surface area contributed by atoms with Crippen molar-refractivity contribution in [3.63, 3.8) is 0 Å². The topological polar surface area (TPSA) is 114 Å². The molecule has 20 heavy (non-hydrogen) atoms. The third-order valence-corrected chi connectivity index (χ3v) is 3.52. The molecule has 0 bridgehead atoms. The van der Waals surface area contributed by atoms with Crippen molar-refractivity contribution in [1.29, 1.82) is 0 Å².